The van der Waals surface area contributed by atoms with Crippen LogP contribution in [-0.4, -0.2) is 19.3 Å². The standard InChI is InChI=1S/C11H16ClNO3S/c1-8(2)6-7-17(15,16)13-10-5-3-4-9(12)11(10)14/h3-5,8,13-14H,6-7H2,1-2H3. The Hall–Kier alpha value is -0.940. The van der Waals surface area contributed by atoms with Gasteiger partial charge in [0.1, 0.15) is 0 Å². The highest BCUT2D eigenvalue weighted by Crippen LogP contribution is 2.31. The number of nitrogens with one attached hydrogen (secondary N) is 1. The summed E-state index contributed by atoms with van der Waals surface area (Å²) in [5.74, 6) is 0.0817. The molecule has 0 saturated carbocycles. The van der Waals surface area contributed by atoms with Crippen molar-refractivity contribution in [1.29, 1.82) is 0 Å². The van der Waals surface area contributed by atoms with E-state index in [1.807, 2.05) is 13.8 Å². The first kappa shape index (κ1) is 14.1. The number of aromatic hydroxyl groups is 1. The summed E-state index contributed by atoms with van der Waals surface area (Å²) >= 11 is 5.69. The zero-order valence-corrected chi connectivity index (χ0v) is 11.3. The van der Waals surface area contributed by atoms with Crippen LogP contribution in [0.15, 0.2) is 18.2 Å². The summed E-state index contributed by atoms with van der Waals surface area (Å²) < 4.78 is 25.7. The van der Waals surface area contributed by atoms with E-state index in [1.54, 1.807) is 6.07 Å². The van der Waals surface area contributed by atoms with E-state index < -0.39 is 10.0 Å². The Kier molecular flexibility index (Phi) is 4.65. The molecule has 0 aliphatic heterocycles. The number of benzene rings is 1. The third-order valence-electron chi connectivity index (χ3n) is 2.22. The summed E-state index contributed by atoms with van der Waals surface area (Å²) in [4.78, 5) is 0. The largest absolute Gasteiger partial charge is 0.504 e. The highest BCUT2D eigenvalue weighted by molar-refractivity contribution is 7.92. The second-order valence-corrected chi connectivity index (χ2v) is 6.49. The van der Waals surface area contributed by atoms with E-state index in [9.17, 15) is 13.5 Å². The van der Waals surface area contributed by atoms with E-state index in [4.69, 9.17) is 11.6 Å². The highest BCUT2D eigenvalue weighted by atomic mass is 35.5. The molecule has 0 atom stereocenters. The minimum Gasteiger partial charge on any atom is -0.504 e. The number of phenolic OH excluding ortho intramolecular Hbond substituents is 1. The van der Waals surface area contributed by atoms with E-state index in [0.29, 0.717) is 12.3 Å². The molecule has 2 N–H and O–H groups in total. The smallest absolute Gasteiger partial charge is 0.232 e. The van der Waals surface area contributed by atoms with Crippen LogP contribution in [0.3, 0.4) is 0 Å². The van der Waals surface area contributed by atoms with Gasteiger partial charge in [0.15, 0.2) is 5.75 Å². The van der Waals surface area contributed by atoms with Crippen LogP contribution in [0.5, 0.6) is 5.75 Å². The quantitative estimate of drug-likeness (QED) is 0.814. The first-order valence-corrected chi connectivity index (χ1v) is 7.33. The molecule has 0 aliphatic rings. The number of para-hydroxylation sites is 1. The monoisotopic (exact) mass is 277 g/mol. The summed E-state index contributed by atoms with van der Waals surface area (Å²) in [6.45, 7) is 3.90. The molecule has 0 heterocycles. The molecular weight excluding hydrogens is 262 g/mol. The molecule has 0 amide bonds. The van der Waals surface area contributed by atoms with E-state index in [1.165, 1.54) is 12.1 Å². The summed E-state index contributed by atoms with van der Waals surface area (Å²) in [5.41, 5.74) is 0.112. The van der Waals surface area contributed by atoms with E-state index in [0.717, 1.165) is 0 Å². The van der Waals surface area contributed by atoms with Gasteiger partial charge in [0.25, 0.3) is 0 Å². The molecular formula is C11H16ClNO3S. The average Bonchev–Trinajstić information content (AvgIpc) is 2.22. The normalized spacial score (nSPS) is 11.8. The number of anilines is 1. The predicted molar refractivity (Wildman–Crippen MR) is 70.0 cm³/mol. The topological polar surface area (TPSA) is 66.4 Å². The van der Waals surface area contributed by atoms with Crippen LogP contribution in [0, 0.1) is 5.92 Å². The van der Waals surface area contributed by atoms with Gasteiger partial charge in [0.05, 0.1) is 16.5 Å². The van der Waals surface area contributed by atoms with Gasteiger partial charge >= 0.3 is 0 Å². The van der Waals surface area contributed by atoms with Crippen LogP contribution < -0.4 is 4.72 Å². The van der Waals surface area contributed by atoms with Gasteiger partial charge < -0.3 is 5.11 Å². The van der Waals surface area contributed by atoms with Gasteiger partial charge in [-0.05, 0) is 24.5 Å². The molecule has 1 aromatic carbocycles. The molecule has 0 saturated heterocycles. The molecule has 1 rings (SSSR count). The van der Waals surface area contributed by atoms with Gasteiger partial charge in [-0.2, -0.15) is 0 Å². The average molecular weight is 278 g/mol. The Morgan fingerprint density at radius 2 is 2.06 bits per heavy atom. The van der Waals surface area contributed by atoms with Crippen LogP contribution in [0.25, 0.3) is 0 Å². The Morgan fingerprint density at radius 3 is 2.65 bits per heavy atom. The lowest BCUT2D eigenvalue weighted by Gasteiger charge is -2.11. The van der Waals surface area contributed by atoms with Crippen molar-refractivity contribution in [3.05, 3.63) is 23.2 Å². The Bertz CT molecular complexity index is 485. The number of phenols is 1. The van der Waals surface area contributed by atoms with Crippen LogP contribution in [0.1, 0.15) is 20.3 Å². The van der Waals surface area contributed by atoms with Crippen LogP contribution in [0.4, 0.5) is 5.69 Å². The van der Waals surface area contributed by atoms with Gasteiger partial charge in [0.2, 0.25) is 10.0 Å². The lowest BCUT2D eigenvalue weighted by molar-refractivity contribution is 0.478. The molecule has 0 radical (unpaired) electrons. The number of halogens is 1. The molecule has 0 aliphatic carbocycles. The summed E-state index contributed by atoms with van der Waals surface area (Å²) in [5, 5.41) is 9.70. The summed E-state index contributed by atoms with van der Waals surface area (Å²) in [6.07, 6.45) is 0.566. The van der Waals surface area contributed by atoms with Crippen LogP contribution >= 0.6 is 11.6 Å². The second kappa shape index (κ2) is 5.60. The number of rotatable bonds is 5. The number of hydrogen-bond donors (Lipinski definition) is 2. The van der Waals surface area contributed by atoms with Crippen molar-refractivity contribution in [2.24, 2.45) is 5.92 Å². The van der Waals surface area contributed by atoms with E-state index >= 15 is 0 Å². The predicted octanol–water partition coefficient (Wildman–Crippen LogP) is 2.83. The molecule has 0 aromatic heterocycles. The van der Waals surface area contributed by atoms with Crippen molar-refractivity contribution < 1.29 is 13.5 Å². The maximum Gasteiger partial charge on any atom is 0.232 e. The number of sulfonamides is 1. The van der Waals surface area contributed by atoms with Crippen molar-refractivity contribution in [3.63, 3.8) is 0 Å². The fraction of sp³-hybridized carbons (Fsp3) is 0.455. The van der Waals surface area contributed by atoms with Gasteiger partial charge in [-0.3, -0.25) is 4.72 Å². The van der Waals surface area contributed by atoms with Gasteiger partial charge in [-0.1, -0.05) is 31.5 Å². The fourth-order valence-corrected chi connectivity index (χ4v) is 2.77. The zero-order chi connectivity index (χ0) is 13.1. The number of hydrogen-bond acceptors (Lipinski definition) is 3. The molecule has 0 bridgehead atoms. The summed E-state index contributed by atoms with van der Waals surface area (Å²) in [6, 6.07) is 4.53. The first-order valence-electron chi connectivity index (χ1n) is 5.30. The zero-order valence-electron chi connectivity index (χ0n) is 9.77. The van der Waals surface area contributed by atoms with E-state index in [-0.39, 0.29) is 22.2 Å². The lowest BCUT2D eigenvalue weighted by Crippen LogP contribution is -2.18. The minimum absolute atomic E-state index is 0.0244. The van der Waals surface area contributed by atoms with E-state index in [2.05, 4.69) is 4.72 Å². The van der Waals surface area contributed by atoms with Crippen molar-refractivity contribution in [3.8, 4) is 5.75 Å². The molecule has 17 heavy (non-hydrogen) atoms. The summed E-state index contributed by atoms with van der Waals surface area (Å²) in [7, 11) is -3.44. The van der Waals surface area contributed by atoms with Crippen molar-refractivity contribution >= 4 is 27.3 Å². The second-order valence-electron chi connectivity index (χ2n) is 4.24. The Morgan fingerprint density at radius 1 is 1.41 bits per heavy atom. The van der Waals surface area contributed by atoms with Crippen molar-refractivity contribution in [2.75, 3.05) is 10.5 Å². The molecule has 0 unspecified atom stereocenters. The maximum atomic E-state index is 11.7. The fourth-order valence-electron chi connectivity index (χ4n) is 1.21. The SMILES string of the molecule is CC(C)CCS(=O)(=O)Nc1cccc(Cl)c1O. The highest BCUT2D eigenvalue weighted by Gasteiger charge is 2.14. The maximum absolute atomic E-state index is 11.7. The van der Waals surface area contributed by atoms with Gasteiger partial charge in [0, 0.05) is 0 Å². The molecule has 0 fully saturated rings. The molecule has 4 nitrogen and oxygen atoms in total. The van der Waals surface area contributed by atoms with Crippen molar-refractivity contribution in [1.82, 2.24) is 0 Å². The molecule has 0 spiro atoms. The van der Waals surface area contributed by atoms with Crippen LogP contribution in [-0.2, 0) is 10.0 Å². The Balaban J connectivity index is 2.80. The van der Waals surface area contributed by atoms with Crippen LogP contribution in [0.2, 0.25) is 5.02 Å². The minimum atomic E-state index is -3.44. The van der Waals surface area contributed by atoms with Gasteiger partial charge in [-0.25, -0.2) is 8.42 Å². The lowest BCUT2D eigenvalue weighted by atomic mass is 10.2. The third kappa shape index (κ3) is 4.44. The Labute approximate surface area is 107 Å². The third-order valence-corrected chi connectivity index (χ3v) is 3.83. The molecule has 1 aromatic rings. The van der Waals surface area contributed by atoms with Crippen molar-refractivity contribution in [2.45, 2.75) is 20.3 Å². The molecule has 96 valence electrons. The molecule has 6 heteroatoms. The van der Waals surface area contributed by atoms with Gasteiger partial charge in [-0.15, -0.1) is 0 Å². The first-order chi connectivity index (χ1) is 7.82.